The summed E-state index contributed by atoms with van der Waals surface area (Å²) in [6.45, 7) is 1.46. The van der Waals surface area contributed by atoms with E-state index in [4.69, 9.17) is 32.9 Å². The fourth-order valence-corrected chi connectivity index (χ4v) is 5.51. The maximum Gasteiger partial charge on any atom is 0.218 e. The zero-order valence-corrected chi connectivity index (χ0v) is 23.3. The molecule has 0 radical (unpaired) electrons. The maximum absolute atomic E-state index is 7.02. The van der Waals surface area contributed by atoms with Crippen LogP contribution in [0.1, 0.15) is 11.1 Å². The molecule has 0 spiro atoms. The lowest BCUT2D eigenvalue weighted by Gasteiger charge is -2.14. The Morgan fingerprint density at radius 3 is 2.37 bits per heavy atom. The molecule has 6 nitrogen and oxygen atoms in total. The predicted octanol–water partition coefficient (Wildman–Crippen LogP) is 6.72. The standard InChI is InChI=1S/C30H29Cl2N5O/c1-33-15-19-9-11-25(36-30(19)38-4)24-7-5-6-22(27(24)31)23-12-13-35-29(28(23)32)18-8-10-21-20(16-34-2)17-37(3)26(21)14-18/h5-14,17,33-34H,15-16H2,1-4H3. The predicted molar refractivity (Wildman–Crippen MR) is 157 cm³/mol. The minimum absolute atomic E-state index is 0.547. The molecular formula is C30H29Cl2N5O. The monoisotopic (exact) mass is 545 g/mol. The number of rotatable bonds is 8. The van der Waals surface area contributed by atoms with Gasteiger partial charge in [-0.25, -0.2) is 4.98 Å². The summed E-state index contributed by atoms with van der Waals surface area (Å²) in [4.78, 5) is 9.36. The molecule has 0 aliphatic heterocycles. The van der Waals surface area contributed by atoms with Gasteiger partial charge in [0.2, 0.25) is 5.88 Å². The molecule has 0 atom stereocenters. The van der Waals surface area contributed by atoms with Gasteiger partial charge in [0.05, 0.1) is 28.5 Å². The van der Waals surface area contributed by atoms with E-state index < -0.39 is 0 Å². The minimum atomic E-state index is 0.547. The van der Waals surface area contributed by atoms with Crippen LogP contribution in [-0.4, -0.2) is 35.7 Å². The third-order valence-electron chi connectivity index (χ3n) is 6.67. The lowest BCUT2D eigenvalue weighted by Crippen LogP contribution is -2.07. The Bertz CT molecular complexity index is 1630. The van der Waals surface area contributed by atoms with E-state index in [0.29, 0.717) is 28.2 Å². The zero-order chi connectivity index (χ0) is 26.8. The second-order valence-electron chi connectivity index (χ2n) is 9.11. The second-order valence-corrected chi connectivity index (χ2v) is 9.87. The molecule has 8 heteroatoms. The molecule has 0 fully saturated rings. The van der Waals surface area contributed by atoms with Crippen molar-refractivity contribution in [2.75, 3.05) is 21.2 Å². The van der Waals surface area contributed by atoms with Gasteiger partial charge in [-0.2, -0.15) is 0 Å². The molecule has 0 amide bonds. The molecule has 2 N–H and O–H groups in total. The number of benzene rings is 2. The third-order valence-corrected chi connectivity index (χ3v) is 7.46. The highest BCUT2D eigenvalue weighted by atomic mass is 35.5. The van der Waals surface area contributed by atoms with E-state index in [1.54, 1.807) is 13.3 Å². The Hall–Kier alpha value is -3.42. The summed E-state index contributed by atoms with van der Waals surface area (Å²) < 4.78 is 7.66. The number of fused-ring (bicyclic) bond motifs is 1. The van der Waals surface area contributed by atoms with Crippen molar-refractivity contribution in [2.24, 2.45) is 7.05 Å². The molecule has 5 aromatic rings. The summed E-state index contributed by atoms with van der Waals surface area (Å²) in [5.41, 5.74) is 8.15. The number of hydrogen-bond acceptors (Lipinski definition) is 5. The van der Waals surface area contributed by atoms with E-state index >= 15 is 0 Å². The number of aromatic nitrogens is 3. The third kappa shape index (κ3) is 4.76. The summed E-state index contributed by atoms with van der Waals surface area (Å²) in [6, 6.07) is 18.1. The SMILES string of the molecule is CNCc1ccc(-c2cccc(-c3ccnc(-c4ccc5c(CNC)cn(C)c5c4)c3Cl)c2Cl)nc1OC. The van der Waals surface area contributed by atoms with E-state index in [9.17, 15) is 0 Å². The van der Waals surface area contributed by atoms with Crippen LogP contribution in [0.5, 0.6) is 5.88 Å². The highest BCUT2D eigenvalue weighted by Gasteiger charge is 2.18. The Balaban J connectivity index is 1.58. The summed E-state index contributed by atoms with van der Waals surface area (Å²) in [5.74, 6) is 0.566. The van der Waals surface area contributed by atoms with Gasteiger partial charge < -0.3 is 19.9 Å². The van der Waals surface area contributed by atoms with E-state index in [1.165, 1.54) is 10.9 Å². The van der Waals surface area contributed by atoms with Crippen molar-refractivity contribution in [1.82, 2.24) is 25.2 Å². The van der Waals surface area contributed by atoms with Crippen LogP contribution in [0, 0.1) is 0 Å². The quantitative estimate of drug-likeness (QED) is 0.226. The first kappa shape index (κ1) is 26.2. The van der Waals surface area contributed by atoms with Crippen LogP contribution < -0.4 is 15.4 Å². The average Bonchev–Trinajstić information content (AvgIpc) is 3.24. The van der Waals surface area contributed by atoms with Crippen molar-refractivity contribution in [3.8, 4) is 39.5 Å². The van der Waals surface area contributed by atoms with Crippen LogP contribution >= 0.6 is 23.2 Å². The fraction of sp³-hybridized carbons (Fsp3) is 0.200. The number of nitrogens with one attached hydrogen (secondary N) is 2. The summed E-state index contributed by atoms with van der Waals surface area (Å²) >= 11 is 14.0. The molecule has 0 aliphatic carbocycles. The van der Waals surface area contributed by atoms with Gasteiger partial charge in [-0.1, -0.05) is 59.6 Å². The van der Waals surface area contributed by atoms with E-state index in [1.807, 2.05) is 50.5 Å². The summed E-state index contributed by atoms with van der Waals surface area (Å²) in [7, 11) is 7.51. The van der Waals surface area contributed by atoms with Crippen molar-refractivity contribution < 1.29 is 4.74 Å². The van der Waals surface area contributed by atoms with Gasteiger partial charge in [-0.3, -0.25) is 4.98 Å². The van der Waals surface area contributed by atoms with Gasteiger partial charge in [-0.05, 0) is 37.9 Å². The molecule has 3 aromatic heterocycles. The van der Waals surface area contributed by atoms with Crippen molar-refractivity contribution in [3.63, 3.8) is 0 Å². The van der Waals surface area contributed by atoms with Gasteiger partial charge in [0, 0.05) is 71.3 Å². The first-order chi connectivity index (χ1) is 18.5. The van der Waals surface area contributed by atoms with Gasteiger partial charge in [-0.15, -0.1) is 0 Å². The number of methoxy groups -OCH3 is 1. The maximum atomic E-state index is 7.02. The molecule has 2 aromatic carbocycles. The summed E-state index contributed by atoms with van der Waals surface area (Å²) in [5, 5.41) is 8.69. The average molecular weight is 547 g/mol. The van der Waals surface area contributed by atoms with E-state index in [-0.39, 0.29) is 0 Å². The molecule has 38 heavy (non-hydrogen) atoms. The smallest absolute Gasteiger partial charge is 0.218 e. The molecule has 0 saturated carbocycles. The number of ether oxygens (including phenoxy) is 1. The lowest BCUT2D eigenvalue weighted by molar-refractivity contribution is 0.392. The minimum Gasteiger partial charge on any atom is -0.481 e. The van der Waals surface area contributed by atoms with Gasteiger partial charge >= 0.3 is 0 Å². The molecule has 5 rings (SSSR count). The van der Waals surface area contributed by atoms with E-state index in [0.717, 1.165) is 45.6 Å². The first-order valence-corrected chi connectivity index (χ1v) is 13.1. The second kappa shape index (κ2) is 11.1. The Labute approximate surface area is 232 Å². The Morgan fingerprint density at radius 1 is 0.868 bits per heavy atom. The highest BCUT2D eigenvalue weighted by Crippen LogP contribution is 2.42. The first-order valence-electron chi connectivity index (χ1n) is 12.3. The molecule has 194 valence electrons. The molecular weight excluding hydrogens is 517 g/mol. The van der Waals surface area contributed by atoms with E-state index in [2.05, 4.69) is 51.6 Å². The van der Waals surface area contributed by atoms with Crippen molar-refractivity contribution in [3.05, 3.63) is 88.2 Å². The van der Waals surface area contributed by atoms with Gasteiger partial charge in [0.15, 0.2) is 0 Å². The molecule has 0 bridgehead atoms. The topological polar surface area (TPSA) is 64.0 Å². The van der Waals surface area contributed by atoms with Crippen LogP contribution in [0.2, 0.25) is 10.0 Å². The zero-order valence-electron chi connectivity index (χ0n) is 21.8. The van der Waals surface area contributed by atoms with Crippen LogP contribution in [0.25, 0.3) is 44.5 Å². The molecule has 3 heterocycles. The van der Waals surface area contributed by atoms with Crippen LogP contribution in [-0.2, 0) is 20.1 Å². The number of hydrogen-bond donors (Lipinski definition) is 2. The number of aryl methyl sites for hydroxylation is 1. The Morgan fingerprint density at radius 2 is 1.61 bits per heavy atom. The molecule has 0 aliphatic rings. The number of pyridine rings is 2. The summed E-state index contributed by atoms with van der Waals surface area (Å²) in [6.07, 6.45) is 3.92. The van der Waals surface area contributed by atoms with Crippen molar-refractivity contribution >= 4 is 34.1 Å². The number of halogens is 2. The highest BCUT2D eigenvalue weighted by molar-refractivity contribution is 6.39. The van der Waals surface area contributed by atoms with Crippen molar-refractivity contribution in [2.45, 2.75) is 13.1 Å². The molecule has 0 unspecified atom stereocenters. The lowest BCUT2D eigenvalue weighted by atomic mass is 9.99. The normalized spacial score (nSPS) is 11.3. The fourth-order valence-electron chi connectivity index (χ4n) is 4.86. The largest absolute Gasteiger partial charge is 0.481 e. The van der Waals surface area contributed by atoms with Gasteiger partial charge in [0.25, 0.3) is 0 Å². The van der Waals surface area contributed by atoms with Gasteiger partial charge in [0.1, 0.15) is 0 Å². The van der Waals surface area contributed by atoms with Crippen LogP contribution in [0.3, 0.4) is 0 Å². The molecule has 0 saturated heterocycles. The van der Waals surface area contributed by atoms with Crippen molar-refractivity contribution in [1.29, 1.82) is 0 Å². The van der Waals surface area contributed by atoms with Crippen LogP contribution in [0.4, 0.5) is 0 Å². The van der Waals surface area contributed by atoms with Crippen LogP contribution in [0.15, 0.2) is 67.0 Å². The number of nitrogens with zero attached hydrogens (tertiary/aromatic N) is 3. The Kier molecular flexibility index (Phi) is 7.68.